The zero-order chi connectivity index (χ0) is 16.2. The third-order valence-electron chi connectivity index (χ3n) is 3.73. The lowest BCUT2D eigenvalue weighted by Crippen LogP contribution is -2.19. The summed E-state index contributed by atoms with van der Waals surface area (Å²) in [5.41, 5.74) is 7.06. The summed E-state index contributed by atoms with van der Waals surface area (Å²) in [4.78, 5) is 25.1. The van der Waals surface area contributed by atoms with Crippen LogP contribution in [0.4, 0.5) is 5.00 Å². The molecule has 0 bridgehead atoms. The first-order valence-electron chi connectivity index (χ1n) is 7.49. The molecule has 23 heavy (non-hydrogen) atoms. The average Bonchev–Trinajstić information content (AvgIpc) is 3.13. The number of hydrogen-bond donors (Lipinski definition) is 2. The summed E-state index contributed by atoms with van der Waals surface area (Å²) in [6.07, 6.45) is 5.64. The van der Waals surface area contributed by atoms with Crippen LogP contribution >= 0.6 is 23.1 Å². The summed E-state index contributed by atoms with van der Waals surface area (Å²) in [5, 5.41) is 3.46. The molecule has 0 atom stereocenters. The van der Waals surface area contributed by atoms with Crippen molar-refractivity contribution in [2.45, 2.75) is 31.4 Å². The number of aryl methyl sites for hydroxylation is 1. The molecule has 2 heterocycles. The fourth-order valence-electron chi connectivity index (χ4n) is 2.72. The van der Waals surface area contributed by atoms with E-state index in [4.69, 9.17) is 10.2 Å². The number of carbonyl (C=O) groups excluding carboxylic acids is 2. The van der Waals surface area contributed by atoms with Gasteiger partial charge >= 0.3 is 0 Å². The van der Waals surface area contributed by atoms with E-state index in [1.54, 1.807) is 6.26 Å². The van der Waals surface area contributed by atoms with Gasteiger partial charge in [-0.2, -0.15) is 0 Å². The van der Waals surface area contributed by atoms with Crippen molar-refractivity contribution < 1.29 is 14.0 Å². The van der Waals surface area contributed by atoms with Gasteiger partial charge < -0.3 is 15.5 Å². The molecule has 2 amide bonds. The van der Waals surface area contributed by atoms with Crippen molar-refractivity contribution in [1.29, 1.82) is 0 Å². The lowest BCUT2D eigenvalue weighted by Gasteiger charge is -2.11. The molecule has 3 rings (SSSR count). The van der Waals surface area contributed by atoms with Gasteiger partial charge in [0.2, 0.25) is 5.91 Å². The average molecular weight is 350 g/mol. The zero-order valence-corrected chi connectivity index (χ0v) is 14.2. The second kappa shape index (κ2) is 7.23. The predicted molar refractivity (Wildman–Crippen MR) is 93.0 cm³/mol. The molecule has 1 aliphatic rings. The van der Waals surface area contributed by atoms with Crippen LogP contribution < -0.4 is 11.1 Å². The van der Waals surface area contributed by atoms with E-state index in [1.807, 2.05) is 12.1 Å². The number of carbonyl (C=O) groups is 2. The Balaban J connectivity index is 1.63. The molecule has 0 saturated carbocycles. The van der Waals surface area contributed by atoms with Crippen LogP contribution in [0.2, 0.25) is 0 Å². The molecule has 122 valence electrons. The van der Waals surface area contributed by atoms with Gasteiger partial charge in [-0.25, -0.2) is 0 Å². The fraction of sp³-hybridized carbons (Fsp3) is 0.375. The molecule has 0 radical (unpaired) electrons. The van der Waals surface area contributed by atoms with E-state index >= 15 is 0 Å². The Morgan fingerprint density at radius 3 is 2.91 bits per heavy atom. The Morgan fingerprint density at radius 2 is 2.17 bits per heavy atom. The number of rotatable bonds is 6. The molecule has 3 N–H and O–H groups in total. The molecule has 2 aromatic rings. The van der Waals surface area contributed by atoms with E-state index in [-0.39, 0.29) is 5.91 Å². The Kier molecular flexibility index (Phi) is 5.07. The lowest BCUT2D eigenvalue weighted by molar-refractivity contribution is -0.113. The summed E-state index contributed by atoms with van der Waals surface area (Å²) < 4.78 is 5.23. The van der Waals surface area contributed by atoms with Crippen molar-refractivity contribution in [3.05, 3.63) is 40.2 Å². The molecule has 0 saturated heterocycles. The van der Waals surface area contributed by atoms with Gasteiger partial charge in [0.05, 0.1) is 23.3 Å². The van der Waals surface area contributed by atoms with E-state index in [1.165, 1.54) is 28.0 Å². The molecule has 0 unspecified atom stereocenters. The molecule has 0 aliphatic heterocycles. The van der Waals surface area contributed by atoms with Crippen LogP contribution in [-0.2, 0) is 23.4 Å². The number of amides is 2. The number of thioether (sulfide) groups is 1. The topological polar surface area (TPSA) is 85.3 Å². The van der Waals surface area contributed by atoms with Crippen LogP contribution in [0, 0.1) is 0 Å². The van der Waals surface area contributed by atoms with Crippen molar-refractivity contribution in [3.8, 4) is 0 Å². The van der Waals surface area contributed by atoms with Crippen LogP contribution in [0.15, 0.2) is 22.8 Å². The highest BCUT2D eigenvalue weighted by atomic mass is 32.2. The van der Waals surface area contributed by atoms with Gasteiger partial charge in [-0.05, 0) is 43.4 Å². The quantitative estimate of drug-likeness (QED) is 0.838. The van der Waals surface area contributed by atoms with E-state index in [0.717, 1.165) is 37.0 Å². The minimum Gasteiger partial charge on any atom is -0.468 e. The first kappa shape index (κ1) is 16.1. The molecule has 7 heteroatoms. The highest BCUT2D eigenvalue weighted by Crippen LogP contribution is 2.37. The van der Waals surface area contributed by atoms with Crippen LogP contribution in [0.25, 0.3) is 0 Å². The lowest BCUT2D eigenvalue weighted by atomic mass is 9.95. The van der Waals surface area contributed by atoms with Crippen LogP contribution in [0.3, 0.4) is 0 Å². The highest BCUT2D eigenvalue weighted by molar-refractivity contribution is 7.99. The van der Waals surface area contributed by atoms with Gasteiger partial charge in [0.25, 0.3) is 5.91 Å². The van der Waals surface area contributed by atoms with Crippen molar-refractivity contribution in [3.63, 3.8) is 0 Å². The number of primary amides is 1. The smallest absolute Gasteiger partial charge is 0.251 e. The Morgan fingerprint density at radius 1 is 1.35 bits per heavy atom. The van der Waals surface area contributed by atoms with Gasteiger partial charge in [-0.1, -0.05) is 0 Å². The monoisotopic (exact) mass is 350 g/mol. The maximum atomic E-state index is 12.1. The second-order valence-corrected chi connectivity index (χ2v) is 7.49. The van der Waals surface area contributed by atoms with E-state index < -0.39 is 5.91 Å². The van der Waals surface area contributed by atoms with Gasteiger partial charge in [-0.15, -0.1) is 23.1 Å². The summed E-state index contributed by atoms with van der Waals surface area (Å²) in [6, 6.07) is 3.70. The molecule has 0 fully saturated rings. The predicted octanol–water partition coefficient (Wildman–Crippen LogP) is 3.19. The third kappa shape index (κ3) is 3.79. The largest absolute Gasteiger partial charge is 0.468 e. The number of nitrogens with two attached hydrogens (primary N) is 1. The molecule has 1 aliphatic carbocycles. The maximum absolute atomic E-state index is 12.1. The molecular formula is C16H18N2O3S2. The number of thiophene rings is 1. The Labute approximate surface area is 142 Å². The fourth-order valence-corrected chi connectivity index (χ4v) is 4.75. The minimum absolute atomic E-state index is 0.123. The Bertz CT molecular complexity index is 707. The molecule has 0 aromatic carbocycles. The SMILES string of the molecule is NC(=O)c1c(NC(=O)CSCc2ccco2)sc2c1CCCC2. The zero-order valence-electron chi connectivity index (χ0n) is 12.6. The second-order valence-electron chi connectivity index (χ2n) is 5.40. The van der Waals surface area contributed by atoms with Gasteiger partial charge in [-0.3, -0.25) is 9.59 Å². The first-order chi connectivity index (χ1) is 11.1. The number of anilines is 1. The summed E-state index contributed by atoms with van der Waals surface area (Å²) >= 11 is 2.96. The minimum atomic E-state index is -0.456. The van der Waals surface area contributed by atoms with E-state index in [0.29, 0.717) is 22.1 Å². The summed E-state index contributed by atoms with van der Waals surface area (Å²) in [6.45, 7) is 0. The van der Waals surface area contributed by atoms with E-state index in [2.05, 4.69) is 5.32 Å². The first-order valence-corrected chi connectivity index (χ1v) is 9.46. The van der Waals surface area contributed by atoms with Gasteiger partial charge in [0.15, 0.2) is 0 Å². The molecule has 5 nitrogen and oxygen atoms in total. The van der Waals surface area contributed by atoms with Crippen molar-refractivity contribution in [2.75, 3.05) is 11.1 Å². The van der Waals surface area contributed by atoms with Crippen molar-refractivity contribution >= 4 is 39.9 Å². The summed E-state index contributed by atoms with van der Waals surface area (Å²) in [7, 11) is 0. The number of furan rings is 1. The van der Waals surface area contributed by atoms with Crippen molar-refractivity contribution in [2.24, 2.45) is 5.73 Å². The maximum Gasteiger partial charge on any atom is 0.251 e. The summed E-state index contributed by atoms with van der Waals surface area (Å²) in [5.74, 6) is 1.21. The standard InChI is InChI=1S/C16H18N2O3S2/c17-15(20)14-11-5-1-2-6-12(11)23-16(14)18-13(19)9-22-8-10-4-3-7-21-10/h3-4,7H,1-2,5-6,8-9H2,(H2,17,20)(H,18,19). The van der Waals surface area contributed by atoms with Gasteiger partial charge in [0, 0.05) is 4.88 Å². The van der Waals surface area contributed by atoms with Gasteiger partial charge in [0.1, 0.15) is 10.8 Å². The van der Waals surface area contributed by atoms with Crippen LogP contribution in [0.5, 0.6) is 0 Å². The number of fused-ring (bicyclic) bond motifs is 1. The number of hydrogen-bond acceptors (Lipinski definition) is 5. The molecular weight excluding hydrogens is 332 g/mol. The molecule has 2 aromatic heterocycles. The van der Waals surface area contributed by atoms with Crippen LogP contribution in [-0.4, -0.2) is 17.6 Å². The molecule has 0 spiro atoms. The Hall–Kier alpha value is -1.73. The number of nitrogens with one attached hydrogen (secondary N) is 1. The van der Waals surface area contributed by atoms with E-state index in [9.17, 15) is 9.59 Å². The van der Waals surface area contributed by atoms with Crippen molar-refractivity contribution in [1.82, 2.24) is 0 Å². The third-order valence-corrected chi connectivity index (χ3v) is 5.89. The highest BCUT2D eigenvalue weighted by Gasteiger charge is 2.24. The van der Waals surface area contributed by atoms with Crippen LogP contribution in [0.1, 0.15) is 39.4 Å². The normalized spacial score (nSPS) is 13.6.